The highest BCUT2D eigenvalue weighted by atomic mass is 16.3. The summed E-state index contributed by atoms with van der Waals surface area (Å²) in [5.74, 6) is 0. The van der Waals surface area contributed by atoms with E-state index < -0.39 is 0 Å². The van der Waals surface area contributed by atoms with Crippen molar-refractivity contribution in [2.45, 2.75) is 109 Å². The van der Waals surface area contributed by atoms with Crippen LogP contribution < -0.4 is 0 Å². The van der Waals surface area contributed by atoms with Crippen LogP contribution in [0.3, 0.4) is 0 Å². The molecule has 1 N–H and O–H groups in total. The Kier molecular flexibility index (Phi) is 17.9. The third kappa shape index (κ3) is 17.4. The van der Waals surface area contributed by atoms with Crippen molar-refractivity contribution in [1.82, 2.24) is 0 Å². The van der Waals surface area contributed by atoms with Crippen LogP contribution in [-0.2, 0) is 4.79 Å². The third-order valence-electron chi connectivity index (χ3n) is 4.16. The number of hydrogen-bond donors (Lipinski definition) is 1. The van der Waals surface area contributed by atoms with Crippen molar-refractivity contribution in [3.63, 3.8) is 0 Å². The summed E-state index contributed by atoms with van der Waals surface area (Å²) in [5.41, 5.74) is 0. The predicted molar refractivity (Wildman–Crippen MR) is 96.1 cm³/mol. The van der Waals surface area contributed by atoms with Gasteiger partial charge in [-0.05, 0) is 32.1 Å². The minimum absolute atomic E-state index is 0.139. The normalized spacial score (nSPS) is 12.8. The number of hydrogen-bond acceptors (Lipinski definition) is 2. The Morgan fingerprint density at radius 1 is 0.773 bits per heavy atom. The van der Waals surface area contributed by atoms with E-state index in [-0.39, 0.29) is 6.10 Å². The molecule has 0 rings (SSSR count). The van der Waals surface area contributed by atoms with E-state index in [1.165, 1.54) is 57.8 Å². The summed E-state index contributed by atoms with van der Waals surface area (Å²) in [6.45, 7) is 2.22. The maximum absolute atomic E-state index is 10.2. The molecule has 130 valence electrons. The summed E-state index contributed by atoms with van der Waals surface area (Å²) in [7, 11) is 0. The Morgan fingerprint density at radius 2 is 1.36 bits per heavy atom. The van der Waals surface area contributed by atoms with Gasteiger partial charge in [0.15, 0.2) is 0 Å². The molecule has 0 amide bonds. The van der Waals surface area contributed by atoms with Crippen molar-refractivity contribution in [2.75, 3.05) is 0 Å². The number of aldehydes is 1. The Morgan fingerprint density at radius 3 is 2.00 bits per heavy atom. The highest BCUT2D eigenvalue weighted by Crippen LogP contribution is 2.11. The summed E-state index contributed by atoms with van der Waals surface area (Å²) in [4.78, 5) is 10.2. The molecule has 0 aliphatic rings. The van der Waals surface area contributed by atoms with Crippen molar-refractivity contribution in [2.24, 2.45) is 0 Å². The van der Waals surface area contributed by atoms with Gasteiger partial charge < -0.3 is 9.90 Å². The number of rotatable bonds is 17. The van der Waals surface area contributed by atoms with Gasteiger partial charge in [-0.1, -0.05) is 76.9 Å². The van der Waals surface area contributed by atoms with Crippen molar-refractivity contribution in [1.29, 1.82) is 0 Å². The molecule has 0 heterocycles. The van der Waals surface area contributed by atoms with Gasteiger partial charge in [-0.15, -0.1) is 0 Å². The standard InChI is InChI=1S/C20H38O2/c1-2-3-4-14-17-20(22)18-15-12-10-8-6-5-7-9-11-13-16-19-21/h12,15,19-20,22H,2-11,13-14,16-18H2,1H3/b15-12-. The van der Waals surface area contributed by atoms with E-state index in [4.69, 9.17) is 0 Å². The second-order valence-electron chi connectivity index (χ2n) is 6.43. The van der Waals surface area contributed by atoms with Crippen molar-refractivity contribution < 1.29 is 9.90 Å². The zero-order chi connectivity index (χ0) is 16.3. The molecular formula is C20H38O2. The van der Waals surface area contributed by atoms with Crippen LogP contribution in [-0.4, -0.2) is 17.5 Å². The Hall–Kier alpha value is -0.630. The molecule has 0 aromatic rings. The molecule has 0 aliphatic carbocycles. The van der Waals surface area contributed by atoms with Gasteiger partial charge in [0.25, 0.3) is 0 Å². The maximum Gasteiger partial charge on any atom is 0.119 e. The maximum atomic E-state index is 10.2. The number of carbonyl (C=O) groups is 1. The van der Waals surface area contributed by atoms with Crippen LogP contribution >= 0.6 is 0 Å². The largest absolute Gasteiger partial charge is 0.393 e. The summed E-state index contributed by atoms with van der Waals surface area (Å²) in [6.07, 6.45) is 22.6. The van der Waals surface area contributed by atoms with Crippen LogP contribution in [0.15, 0.2) is 12.2 Å². The molecule has 0 bridgehead atoms. The molecule has 0 radical (unpaired) electrons. The lowest BCUT2D eigenvalue weighted by Gasteiger charge is -2.07. The minimum atomic E-state index is -0.139. The lowest BCUT2D eigenvalue weighted by atomic mass is 10.1. The molecule has 1 atom stereocenters. The molecule has 0 spiro atoms. The van der Waals surface area contributed by atoms with Crippen LogP contribution in [0.5, 0.6) is 0 Å². The zero-order valence-electron chi connectivity index (χ0n) is 14.8. The smallest absolute Gasteiger partial charge is 0.119 e. The monoisotopic (exact) mass is 310 g/mol. The summed E-state index contributed by atoms with van der Waals surface area (Å²) < 4.78 is 0. The van der Waals surface area contributed by atoms with Crippen molar-refractivity contribution >= 4 is 6.29 Å². The number of aliphatic hydroxyl groups is 1. The van der Waals surface area contributed by atoms with E-state index in [0.29, 0.717) is 0 Å². The van der Waals surface area contributed by atoms with Crippen LogP contribution in [0.4, 0.5) is 0 Å². The summed E-state index contributed by atoms with van der Waals surface area (Å²) >= 11 is 0. The lowest BCUT2D eigenvalue weighted by Crippen LogP contribution is -2.04. The molecule has 2 nitrogen and oxygen atoms in total. The number of carbonyl (C=O) groups excluding carboxylic acids is 1. The van der Waals surface area contributed by atoms with Gasteiger partial charge in [0.1, 0.15) is 6.29 Å². The van der Waals surface area contributed by atoms with E-state index in [0.717, 1.165) is 44.8 Å². The Balaban J connectivity index is 3.21. The fraction of sp³-hybridized carbons (Fsp3) is 0.850. The summed E-state index contributed by atoms with van der Waals surface area (Å²) in [6, 6.07) is 0. The van der Waals surface area contributed by atoms with Gasteiger partial charge in [-0.3, -0.25) is 0 Å². The number of unbranched alkanes of at least 4 members (excludes halogenated alkanes) is 11. The fourth-order valence-electron chi connectivity index (χ4n) is 2.67. The number of allylic oxidation sites excluding steroid dienone is 1. The molecule has 0 saturated carbocycles. The first-order valence-corrected chi connectivity index (χ1v) is 9.58. The molecule has 0 aromatic heterocycles. The molecule has 1 unspecified atom stereocenters. The molecule has 0 fully saturated rings. The SMILES string of the molecule is CCCCCCC(O)C/C=C\CCCCCCCCCC=O. The first kappa shape index (κ1) is 21.4. The van der Waals surface area contributed by atoms with Crippen molar-refractivity contribution in [3.8, 4) is 0 Å². The average Bonchev–Trinajstić information content (AvgIpc) is 2.52. The van der Waals surface area contributed by atoms with Gasteiger partial charge in [0, 0.05) is 6.42 Å². The second-order valence-corrected chi connectivity index (χ2v) is 6.43. The van der Waals surface area contributed by atoms with Gasteiger partial charge in [-0.25, -0.2) is 0 Å². The highest BCUT2D eigenvalue weighted by molar-refractivity contribution is 5.48. The highest BCUT2D eigenvalue weighted by Gasteiger charge is 2.00. The molecule has 2 heteroatoms. The van der Waals surface area contributed by atoms with E-state index >= 15 is 0 Å². The van der Waals surface area contributed by atoms with E-state index in [9.17, 15) is 9.90 Å². The van der Waals surface area contributed by atoms with Gasteiger partial charge >= 0.3 is 0 Å². The fourth-order valence-corrected chi connectivity index (χ4v) is 2.67. The summed E-state index contributed by atoms with van der Waals surface area (Å²) in [5, 5.41) is 9.84. The van der Waals surface area contributed by atoms with E-state index in [1.807, 2.05) is 0 Å². The van der Waals surface area contributed by atoms with Crippen LogP contribution in [0.25, 0.3) is 0 Å². The molecule has 0 aromatic carbocycles. The van der Waals surface area contributed by atoms with Gasteiger partial charge in [0.2, 0.25) is 0 Å². The topological polar surface area (TPSA) is 37.3 Å². The lowest BCUT2D eigenvalue weighted by molar-refractivity contribution is -0.107. The van der Waals surface area contributed by atoms with Gasteiger partial charge in [-0.2, -0.15) is 0 Å². The third-order valence-corrected chi connectivity index (χ3v) is 4.16. The van der Waals surface area contributed by atoms with Crippen molar-refractivity contribution in [3.05, 3.63) is 12.2 Å². The Bertz CT molecular complexity index is 248. The molecular weight excluding hydrogens is 272 g/mol. The van der Waals surface area contributed by atoms with E-state index in [1.54, 1.807) is 0 Å². The average molecular weight is 311 g/mol. The molecule has 22 heavy (non-hydrogen) atoms. The van der Waals surface area contributed by atoms with Crippen LogP contribution in [0.2, 0.25) is 0 Å². The van der Waals surface area contributed by atoms with Crippen LogP contribution in [0, 0.1) is 0 Å². The quantitative estimate of drug-likeness (QED) is 0.204. The Labute approximate surface area is 138 Å². The zero-order valence-corrected chi connectivity index (χ0v) is 14.8. The first-order chi connectivity index (χ1) is 10.8. The predicted octanol–water partition coefficient (Wildman–Crippen LogP) is 5.97. The first-order valence-electron chi connectivity index (χ1n) is 9.58. The minimum Gasteiger partial charge on any atom is -0.393 e. The van der Waals surface area contributed by atoms with E-state index in [2.05, 4.69) is 19.1 Å². The van der Waals surface area contributed by atoms with Crippen LogP contribution in [0.1, 0.15) is 103 Å². The second kappa shape index (κ2) is 18.4. The molecule has 0 saturated heterocycles. The van der Waals surface area contributed by atoms with Gasteiger partial charge in [0.05, 0.1) is 6.10 Å². The number of aliphatic hydroxyl groups excluding tert-OH is 1. The molecule has 0 aliphatic heterocycles.